The van der Waals surface area contributed by atoms with Gasteiger partial charge in [-0.3, -0.25) is 20.2 Å². The molecule has 0 bridgehead atoms. The number of benzene rings is 2. The van der Waals surface area contributed by atoms with E-state index in [0.717, 1.165) is 61.1 Å². The average Bonchev–Trinajstić information content (AvgIpc) is 3.19. The molecule has 1 amide bonds. The van der Waals surface area contributed by atoms with Gasteiger partial charge in [0.1, 0.15) is 0 Å². The Kier molecular flexibility index (Phi) is 6.69. The average molecular weight is 453 g/mol. The third-order valence-corrected chi connectivity index (χ3v) is 6.99. The van der Waals surface area contributed by atoms with Gasteiger partial charge in [-0.25, -0.2) is 4.98 Å². The fourth-order valence-electron chi connectivity index (χ4n) is 4.07. The maximum Gasteiger partial charge on any atom is 0.270 e. The quantitative estimate of drug-likeness (QED) is 0.349. The second-order valence-electron chi connectivity index (χ2n) is 8.51. The number of unbranched alkanes of at least 4 members (excludes halogenated alkanes) is 1. The lowest BCUT2D eigenvalue weighted by Gasteiger charge is -2.33. The molecule has 1 fully saturated rings. The highest BCUT2D eigenvalue weighted by Gasteiger charge is 2.24. The third-order valence-electron chi connectivity index (χ3n) is 6.05. The normalized spacial score (nSPS) is 14.6. The number of carbonyl (C=O) groups excluding carboxylic acids is 1. The molecule has 4 rings (SSSR count). The number of hydrogen-bond acceptors (Lipinski definition) is 6. The maximum atomic E-state index is 13.2. The number of non-ortho nitro benzene ring substituents is 1. The Morgan fingerprint density at radius 1 is 1.25 bits per heavy atom. The second kappa shape index (κ2) is 9.65. The summed E-state index contributed by atoms with van der Waals surface area (Å²) in [6.07, 6.45) is 5.38. The molecule has 168 valence electrons. The summed E-state index contributed by atoms with van der Waals surface area (Å²) in [4.78, 5) is 30.8. The number of nitrogens with one attached hydrogen (secondary N) is 1. The molecule has 0 spiro atoms. The van der Waals surface area contributed by atoms with E-state index in [1.165, 1.54) is 29.0 Å². The molecular weight excluding hydrogens is 424 g/mol. The lowest BCUT2D eigenvalue weighted by molar-refractivity contribution is -0.384. The Labute approximate surface area is 191 Å². The van der Waals surface area contributed by atoms with Crippen molar-refractivity contribution in [2.24, 2.45) is 5.92 Å². The van der Waals surface area contributed by atoms with Crippen molar-refractivity contribution in [1.29, 1.82) is 0 Å². The van der Waals surface area contributed by atoms with Gasteiger partial charge in [0.2, 0.25) is 0 Å². The summed E-state index contributed by atoms with van der Waals surface area (Å²) in [7, 11) is 0. The first-order chi connectivity index (χ1) is 15.4. The Morgan fingerprint density at radius 3 is 2.75 bits per heavy atom. The van der Waals surface area contributed by atoms with Gasteiger partial charge in [0.05, 0.1) is 26.4 Å². The van der Waals surface area contributed by atoms with Crippen LogP contribution >= 0.6 is 11.3 Å². The SMILES string of the molecule is CCCCc1ccc2nc(NC(=O)c3cc([N+](=O)[O-])ccc3N3CCC(C)CC3)sc2c1. The van der Waals surface area contributed by atoms with E-state index in [9.17, 15) is 14.9 Å². The molecule has 1 aliphatic heterocycles. The molecule has 1 aromatic heterocycles. The predicted octanol–water partition coefficient (Wildman–Crippen LogP) is 6.04. The smallest absolute Gasteiger partial charge is 0.270 e. The summed E-state index contributed by atoms with van der Waals surface area (Å²) >= 11 is 1.43. The standard InChI is InChI=1S/C24H28N4O3S/c1-3-4-5-17-6-8-20-22(14-17)32-24(25-20)26-23(29)19-15-18(28(30)31)7-9-21(19)27-12-10-16(2)11-13-27/h6-9,14-16H,3-5,10-13H2,1-2H3,(H,25,26,29). The highest BCUT2D eigenvalue weighted by Crippen LogP contribution is 2.32. The van der Waals surface area contributed by atoms with Crippen molar-refractivity contribution in [3.8, 4) is 0 Å². The van der Waals surface area contributed by atoms with Crippen LogP contribution in [0, 0.1) is 16.0 Å². The first-order valence-electron chi connectivity index (χ1n) is 11.2. The second-order valence-corrected chi connectivity index (χ2v) is 9.54. The number of nitro benzene ring substituents is 1. The Bertz CT molecular complexity index is 1140. The van der Waals surface area contributed by atoms with Crippen LogP contribution < -0.4 is 10.2 Å². The number of thiazole rings is 1. The van der Waals surface area contributed by atoms with Gasteiger partial charge in [0, 0.05) is 25.2 Å². The first kappa shape index (κ1) is 22.2. The first-order valence-corrected chi connectivity index (χ1v) is 12.0. The number of amides is 1. The highest BCUT2D eigenvalue weighted by atomic mass is 32.1. The zero-order valence-electron chi connectivity index (χ0n) is 18.5. The van der Waals surface area contributed by atoms with Crippen molar-refractivity contribution >= 4 is 44.0 Å². The molecule has 2 heterocycles. The Hall–Kier alpha value is -3.00. The van der Waals surface area contributed by atoms with E-state index in [0.29, 0.717) is 16.6 Å². The fraction of sp³-hybridized carbons (Fsp3) is 0.417. The van der Waals surface area contributed by atoms with Gasteiger partial charge in [-0.1, -0.05) is 37.7 Å². The van der Waals surface area contributed by atoms with Crippen LogP contribution in [0.25, 0.3) is 10.2 Å². The lowest BCUT2D eigenvalue weighted by atomic mass is 9.98. The minimum atomic E-state index is -0.464. The zero-order chi connectivity index (χ0) is 22.7. The van der Waals surface area contributed by atoms with E-state index in [2.05, 4.69) is 41.2 Å². The molecule has 2 aromatic carbocycles. The van der Waals surface area contributed by atoms with E-state index in [-0.39, 0.29) is 11.6 Å². The van der Waals surface area contributed by atoms with Crippen LogP contribution in [0.3, 0.4) is 0 Å². The monoisotopic (exact) mass is 452 g/mol. The summed E-state index contributed by atoms with van der Waals surface area (Å²) in [6.45, 7) is 6.06. The summed E-state index contributed by atoms with van der Waals surface area (Å²) in [6, 6.07) is 10.7. The van der Waals surface area contributed by atoms with E-state index < -0.39 is 4.92 Å². The van der Waals surface area contributed by atoms with Gasteiger partial charge in [-0.2, -0.15) is 0 Å². The molecule has 0 aliphatic carbocycles. The van der Waals surface area contributed by atoms with Gasteiger partial charge in [0.15, 0.2) is 5.13 Å². The lowest BCUT2D eigenvalue weighted by Crippen LogP contribution is -2.34. The minimum Gasteiger partial charge on any atom is -0.371 e. The van der Waals surface area contributed by atoms with Gasteiger partial charge in [-0.05, 0) is 55.4 Å². The molecule has 8 heteroatoms. The summed E-state index contributed by atoms with van der Waals surface area (Å²) in [5, 5.41) is 14.7. The number of anilines is 2. The van der Waals surface area contributed by atoms with Gasteiger partial charge in [0.25, 0.3) is 11.6 Å². The third kappa shape index (κ3) is 4.91. The molecule has 1 saturated heterocycles. The molecule has 0 atom stereocenters. The number of carbonyl (C=O) groups is 1. The summed E-state index contributed by atoms with van der Waals surface area (Å²) < 4.78 is 1.03. The molecule has 0 radical (unpaired) electrons. The van der Waals surface area contributed by atoms with Gasteiger partial charge >= 0.3 is 0 Å². The number of aryl methyl sites for hydroxylation is 1. The van der Waals surface area contributed by atoms with E-state index in [1.54, 1.807) is 6.07 Å². The molecule has 32 heavy (non-hydrogen) atoms. The van der Waals surface area contributed by atoms with Crippen molar-refractivity contribution in [3.05, 3.63) is 57.6 Å². The van der Waals surface area contributed by atoms with Crippen LogP contribution in [0.4, 0.5) is 16.5 Å². The van der Waals surface area contributed by atoms with Crippen molar-refractivity contribution in [2.45, 2.75) is 46.0 Å². The highest BCUT2D eigenvalue weighted by molar-refractivity contribution is 7.22. The zero-order valence-corrected chi connectivity index (χ0v) is 19.3. The van der Waals surface area contributed by atoms with Crippen LogP contribution in [0.5, 0.6) is 0 Å². The predicted molar refractivity (Wildman–Crippen MR) is 130 cm³/mol. The number of nitrogens with zero attached hydrogens (tertiary/aromatic N) is 3. The van der Waals surface area contributed by atoms with Crippen molar-refractivity contribution in [1.82, 2.24) is 4.98 Å². The van der Waals surface area contributed by atoms with Crippen LogP contribution in [-0.2, 0) is 6.42 Å². The topological polar surface area (TPSA) is 88.4 Å². The summed E-state index contributed by atoms with van der Waals surface area (Å²) in [5.41, 5.74) is 3.07. The number of piperidine rings is 1. The van der Waals surface area contributed by atoms with Gasteiger partial charge < -0.3 is 4.90 Å². The largest absolute Gasteiger partial charge is 0.371 e. The molecular formula is C24H28N4O3S. The number of nitro groups is 1. The van der Waals surface area contributed by atoms with Gasteiger partial charge in [-0.15, -0.1) is 0 Å². The van der Waals surface area contributed by atoms with Crippen LogP contribution in [0.15, 0.2) is 36.4 Å². The van der Waals surface area contributed by atoms with Crippen molar-refractivity contribution < 1.29 is 9.72 Å². The maximum absolute atomic E-state index is 13.2. The molecule has 1 aliphatic rings. The minimum absolute atomic E-state index is 0.0888. The number of rotatable bonds is 7. The van der Waals surface area contributed by atoms with E-state index in [4.69, 9.17) is 0 Å². The molecule has 7 nitrogen and oxygen atoms in total. The molecule has 0 saturated carbocycles. The Morgan fingerprint density at radius 2 is 2.03 bits per heavy atom. The number of fused-ring (bicyclic) bond motifs is 1. The fourth-order valence-corrected chi connectivity index (χ4v) is 4.99. The molecule has 0 unspecified atom stereocenters. The van der Waals surface area contributed by atoms with E-state index >= 15 is 0 Å². The number of aromatic nitrogens is 1. The molecule has 3 aromatic rings. The van der Waals surface area contributed by atoms with Crippen molar-refractivity contribution in [3.63, 3.8) is 0 Å². The van der Waals surface area contributed by atoms with Crippen LogP contribution in [0.1, 0.15) is 55.5 Å². The van der Waals surface area contributed by atoms with Crippen molar-refractivity contribution in [2.75, 3.05) is 23.3 Å². The van der Waals surface area contributed by atoms with Crippen LogP contribution in [0.2, 0.25) is 0 Å². The number of hydrogen-bond donors (Lipinski definition) is 1. The van der Waals surface area contributed by atoms with E-state index in [1.807, 2.05) is 6.07 Å². The summed E-state index contributed by atoms with van der Waals surface area (Å²) in [5.74, 6) is 0.277. The molecule has 1 N–H and O–H groups in total. The Balaban J connectivity index is 1.60. The van der Waals surface area contributed by atoms with Crippen LogP contribution in [-0.4, -0.2) is 28.9 Å².